The Morgan fingerprint density at radius 3 is 2.65 bits per heavy atom. The first kappa shape index (κ1) is 16.8. The molecule has 23 heavy (non-hydrogen) atoms. The molecule has 2 aromatic rings. The third-order valence-corrected chi connectivity index (χ3v) is 3.95. The second-order valence-electron chi connectivity index (χ2n) is 4.78. The number of aromatic nitrogens is 1. The molecule has 1 aromatic heterocycles. The average Bonchev–Trinajstić information content (AvgIpc) is 2.97. The summed E-state index contributed by atoms with van der Waals surface area (Å²) in [6.07, 6.45) is -0.377. The smallest absolute Gasteiger partial charge is 0.268 e. The van der Waals surface area contributed by atoms with E-state index in [0.717, 1.165) is 0 Å². The number of primary amides is 1. The molecule has 120 valence electrons. The third-order valence-electron chi connectivity index (χ3n) is 2.94. The molecule has 2 N–H and O–H groups in total. The SMILES string of the molecule is C=C(N=C(C)OC(C)c1nc(C(N)=O)cs1)c1ccc(F)cc1. The summed E-state index contributed by atoms with van der Waals surface area (Å²) in [5.41, 5.74) is 6.55. The van der Waals surface area contributed by atoms with Gasteiger partial charge in [-0.25, -0.2) is 14.4 Å². The number of ether oxygens (including phenoxy) is 1. The number of hydrogen-bond donors (Lipinski definition) is 1. The van der Waals surface area contributed by atoms with Gasteiger partial charge in [0, 0.05) is 12.3 Å². The van der Waals surface area contributed by atoms with E-state index in [1.165, 1.54) is 23.5 Å². The molecule has 7 heteroatoms. The summed E-state index contributed by atoms with van der Waals surface area (Å²) in [5, 5.41) is 2.21. The van der Waals surface area contributed by atoms with Crippen LogP contribution in [0.2, 0.25) is 0 Å². The molecule has 1 heterocycles. The van der Waals surface area contributed by atoms with Crippen molar-refractivity contribution in [2.24, 2.45) is 10.7 Å². The fraction of sp³-hybridized carbons (Fsp3) is 0.188. The molecular formula is C16H16FN3O2S. The van der Waals surface area contributed by atoms with Crippen LogP contribution < -0.4 is 5.73 Å². The standard InChI is InChI=1S/C16H16FN3O2S/c1-9(12-4-6-13(17)7-5-12)19-11(3)22-10(2)16-20-14(8-23-16)15(18)21/h4-8,10H,1H2,2-3H3,(H2,18,21). The van der Waals surface area contributed by atoms with Gasteiger partial charge in [0.2, 0.25) is 0 Å². The number of rotatable bonds is 5. The molecule has 0 aliphatic rings. The quantitative estimate of drug-likeness (QED) is 0.671. The molecule has 5 nitrogen and oxygen atoms in total. The predicted molar refractivity (Wildman–Crippen MR) is 88.7 cm³/mol. The zero-order valence-corrected chi connectivity index (χ0v) is 13.6. The second-order valence-corrected chi connectivity index (χ2v) is 5.67. The predicted octanol–water partition coefficient (Wildman–Crippen LogP) is 3.55. The number of halogens is 1. The van der Waals surface area contributed by atoms with Crippen LogP contribution in [0, 0.1) is 5.82 Å². The van der Waals surface area contributed by atoms with Gasteiger partial charge >= 0.3 is 0 Å². The van der Waals surface area contributed by atoms with Crippen molar-refractivity contribution in [2.75, 3.05) is 0 Å². The van der Waals surface area contributed by atoms with Gasteiger partial charge in [0.1, 0.15) is 22.6 Å². The van der Waals surface area contributed by atoms with Gasteiger partial charge < -0.3 is 10.5 Å². The maximum atomic E-state index is 12.9. The minimum absolute atomic E-state index is 0.214. The Hall–Kier alpha value is -2.54. The Morgan fingerprint density at radius 1 is 1.43 bits per heavy atom. The third kappa shape index (κ3) is 4.46. The lowest BCUT2D eigenvalue weighted by atomic mass is 10.2. The fourth-order valence-electron chi connectivity index (χ4n) is 1.82. The van der Waals surface area contributed by atoms with Gasteiger partial charge in [0.15, 0.2) is 5.90 Å². The average molecular weight is 333 g/mol. The zero-order chi connectivity index (χ0) is 17.0. The number of thiazole rings is 1. The summed E-state index contributed by atoms with van der Waals surface area (Å²) in [7, 11) is 0. The first-order valence-corrected chi connectivity index (χ1v) is 7.67. The number of benzene rings is 1. The van der Waals surface area contributed by atoms with Crippen LogP contribution in [0.1, 0.15) is 41.0 Å². The fourth-order valence-corrected chi connectivity index (χ4v) is 2.61. The number of hydrogen-bond acceptors (Lipinski definition) is 5. The van der Waals surface area contributed by atoms with E-state index in [0.29, 0.717) is 22.2 Å². The van der Waals surface area contributed by atoms with Crippen LogP contribution in [0.5, 0.6) is 0 Å². The Morgan fingerprint density at radius 2 is 2.09 bits per heavy atom. The first-order valence-electron chi connectivity index (χ1n) is 6.79. The molecule has 0 saturated carbocycles. The van der Waals surface area contributed by atoms with E-state index >= 15 is 0 Å². The summed E-state index contributed by atoms with van der Waals surface area (Å²) < 4.78 is 18.6. The molecule has 0 aliphatic carbocycles. The van der Waals surface area contributed by atoms with Gasteiger partial charge in [-0.2, -0.15) is 0 Å². The maximum Gasteiger partial charge on any atom is 0.268 e. The molecule has 1 atom stereocenters. The number of nitrogens with two attached hydrogens (primary N) is 1. The highest BCUT2D eigenvalue weighted by Crippen LogP contribution is 2.22. The highest BCUT2D eigenvalue weighted by atomic mass is 32.1. The van der Waals surface area contributed by atoms with Crippen molar-refractivity contribution in [3.63, 3.8) is 0 Å². The molecule has 1 aromatic carbocycles. The number of amides is 1. The Bertz CT molecular complexity index is 753. The number of carbonyl (C=O) groups is 1. The molecule has 1 unspecified atom stereocenters. The normalized spacial score (nSPS) is 12.7. The van der Waals surface area contributed by atoms with E-state index < -0.39 is 5.91 Å². The van der Waals surface area contributed by atoms with Crippen molar-refractivity contribution < 1.29 is 13.9 Å². The Balaban J connectivity index is 2.04. The lowest BCUT2D eigenvalue weighted by molar-refractivity contribution is 0.0995. The van der Waals surface area contributed by atoms with Crippen molar-refractivity contribution in [3.8, 4) is 0 Å². The molecular weight excluding hydrogens is 317 g/mol. The molecule has 1 amide bonds. The van der Waals surface area contributed by atoms with Gasteiger partial charge in [-0.1, -0.05) is 6.58 Å². The molecule has 0 fully saturated rings. The summed E-state index contributed by atoms with van der Waals surface area (Å²) >= 11 is 1.29. The Labute approximate surface area is 137 Å². The lowest BCUT2D eigenvalue weighted by Gasteiger charge is -2.12. The second kappa shape index (κ2) is 7.15. The van der Waals surface area contributed by atoms with Crippen molar-refractivity contribution >= 4 is 28.8 Å². The monoisotopic (exact) mass is 333 g/mol. The first-order chi connectivity index (χ1) is 10.9. The van der Waals surface area contributed by atoms with Crippen LogP contribution in [0.3, 0.4) is 0 Å². The highest BCUT2D eigenvalue weighted by Gasteiger charge is 2.15. The van der Waals surface area contributed by atoms with Gasteiger partial charge in [0.05, 0.1) is 5.70 Å². The molecule has 0 bridgehead atoms. The van der Waals surface area contributed by atoms with Crippen LogP contribution in [0.15, 0.2) is 41.2 Å². The molecule has 0 spiro atoms. The van der Waals surface area contributed by atoms with Crippen molar-refractivity contribution in [1.82, 2.24) is 4.98 Å². The largest absolute Gasteiger partial charge is 0.471 e. The van der Waals surface area contributed by atoms with Gasteiger partial charge in [-0.15, -0.1) is 11.3 Å². The van der Waals surface area contributed by atoms with Crippen molar-refractivity contribution in [1.29, 1.82) is 0 Å². The summed E-state index contributed by atoms with van der Waals surface area (Å²) in [6.45, 7) is 7.32. The van der Waals surface area contributed by atoms with Crippen LogP contribution in [-0.4, -0.2) is 16.8 Å². The van der Waals surface area contributed by atoms with Crippen LogP contribution >= 0.6 is 11.3 Å². The van der Waals surface area contributed by atoms with E-state index in [2.05, 4.69) is 16.6 Å². The van der Waals surface area contributed by atoms with Crippen LogP contribution in [0.25, 0.3) is 5.70 Å². The summed E-state index contributed by atoms with van der Waals surface area (Å²) in [6, 6.07) is 5.88. The van der Waals surface area contributed by atoms with E-state index in [1.54, 1.807) is 31.4 Å². The summed E-state index contributed by atoms with van der Waals surface area (Å²) in [4.78, 5) is 19.4. The molecule has 0 saturated heterocycles. The van der Waals surface area contributed by atoms with Crippen molar-refractivity contribution in [2.45, 2.75) is 20.0 Å². The van der Waals surface area contributed by atoms with Gasteiger partial charge in [-0.05, 0) is 36.8 Å². The van der Waals surface area contributed by atoms with Crippen molar-refractivity contribution in [3.05, 3.63) is 58.3 Å². The minimum atomic E-state index is -0.574. The maximum absolute atomic E-state index is 12.9. The van der Waals surface area contributed by atoms with Crippen LogP contribution in [0.4, 0.5) is 4.39 Å². The van der Waals surface area contributed by atoms with E-state index in [4.69, 9.17) is 10.5 Å². The van der Waals surface area contributed by atoms with Gasteiger partial charge in [0.25, 0.3) is 5.91 Å². The van der Waals surface area contributed by atoms with E-state index in [-0.39, 0.29) is 17.6 Å². The number of aliphatic imine (C=N–C) groups is 1. The summed E-state index contributed by atoms with van der Waals surface area (Å²) in [5.74, 6) is -0.501. The van der Waals surface area contributed by atoms with E-state index in [1.807, 2.05) is 0 Å². The number of carbonyl (C=O) groups excluding carboxylic acids is 1. The topological polar surface area (TPSA) is 77.6 Å². The zero-order valence-electron chi connectivity index (χ0n) is 12.7. The number of nitrogens with zero attached hydrogens (tertiary/aromatic N) is 2. The minimum Gasteiger partial charge on any atom is -0.471 e. The lowest BCUT2D eigenvalue weighted by Crippen LogP contribution is -2.12. The molecule has 2 rings (SSSR count). The Kier molecular flexibility index (Phi) is 5.23. The molecule has 0 aliphatic heterocycles. The molecule has 0 radical (unpaired) electrons. The van der Waals surface area contributed by atoms with Crippen LogP contribution in [-0.2, 0) is 4.74 Å². The highest BCUT2D eigenvalue weighted by molar-refractivity contribution is 7.09. The van der Waals surface area contributed by atoms with Gasteiger partial charge in [-0.3, -0.25) is 4.79 Å². The van der Waals surface area contributed by atoms with E-state index in [9.17, 15) is 9.18 Å².